The molecular weight excluding hydrogens is 458 g/mol. The van der Waals surface area contributed by atoms with Crippen LogP contribution >= 0.6 is 11.3 Å². The number of aryl methyl sites for hydroxylation is 2. The summed E-state index contributed by atoms with van der Waals surface area (Å²) in [5.74, 6) is -0.452. The van der Waals surface area contributed by atoms with Crippen molar-refractivity contribution in [2.75, 3.05) is 5.32 Å². The van der Waals surface area contributed by atoms with Crippen molar-refractivity contribution in [1.29, 1.82) is 0 Å². The van der Waals surface area contributed by atoms with Crippen LogP contribution in [-0.2, 0) is 17.9 Å². The second-order valence-corrected chi connectivity index (χ2v) is 8.64. The zero-order valence-corrected chi connectivity index (χ0v) is 19.4. The first-order valence-corrected chi connectivity index (χ1v) is 11.4. The van der Waals surface area contributed by atoms with Crippen LogP contribution in [0.5, 0.6) is 5.75 Å². The van der Waals surface area contributed by atoms with Crippen LogP contribution in [-0.4, -0.2) is 20.7 Å². The molecule has 4 aromatic rings. The molecule has 0 atom stereocenters. The molecule has 9 heteroatoms. The molecule has 2 aromatic carbocycles. The van der Waals surface area contributed by atoms with Gasteiger partial charge in [0.1, 0.15) is 29.8 Å². The highest BCUT2D eigenvalue weighted by Crippen LogP contribution is 2.22. The molecule has 4 rings (SSSR count). The smallest absolute Gasteiger partial charge is 0.249 e. The van der Waals surface area contributed by atoms with E-state index >= 15 is 0 Å². The number of nitrogens with one attached hydrogen (secondary N) is 1. The second kappa shape index (κ2) is 10.4. The summed E-state index contributed by atoms with van der Waals surface area (Å²) in [6.45, 7) is 4.01. The Morgan fingerprint density at radius 1 is 1.21 bits per heavy atom. The van der Waals surface area contributed by atoms with E-state index in [1.54, 1.807) is 30.5 Å². The monoisotopic (exact) mass is 480 g/mol. The maximum atomic E-state index is 14.1. The van der Waals surface area contributed by atoms with Gasteiger partial charge in [0.05, 0.1) is 23.4 Å². The lowest BCUT2D eigenvalue weighted by atomic mass is 10.2. The van der Waals surface area contributed by atoms with Gasteiger partial charge in [-0.3, -0.25) is 4.79 Å². The molecule has 0 fully saturated rings. The number of amides is 1. The van der Waals surface area contributed by atoms with E-state index in [9.17, 15) is 13.6 Å². The van der Waals surface area contributed by atoms with Crippen molar-refractivity contribution in [3.63, 3.8) is 0 Å². The number of hydrogen-bond donors (Lipinski definition) is 1. The van der Waals surface area contributed by atoms with Crippen molar-refractivity contribution in [3.05, 3.63) is 99.1 Å². The molecule has 0 saturated heterocycles. The van der Waals surface area contributed by atoms with Gasteiger partial charge in [-0.2, -0.15) is 5.10 Å². The molecule has 0 saturated carbocycles. The maximum Gasteiger partial charge on any atom is 0.249 e. The van der Waals surface area contributed by atoms with E-state index in [0.29, 0.717) is 23.7 Å². The molecule has 1 N–H and O–H groups in total. The van der Waals surface area contributed by atoms with Gasteiger partial charge in [-0.1, -0.05) is 18.2 Å². The van der Waals surface area contributed by atoms with E-state index < -0.39 is 17.5 Å². The fourth-order valence-corrected chi connectivity index (χ4v) is 3.88. The summed E-state index contributed by atoms with van der Waals surface area (Å²) >= 11 is 1.56. The van der Waals surface area contributed by atoms with Crippen molar-refractivity contribution >= 4 is 29.1 Å². The first-order valence-electron chi connectivity index (χ1n) is 10.5. The van der Waals surface area contributed by atoms with Crippen LogP contribution in [0.15, 0.2) is 60.1 Å². The molecule has 0 unspecified atom stereocenters. The number of nitrogens with zero attached hydrogens (tertiary/aromatic N) is 3. The van der Waals surface area contributed by atoms with Crippen molar-refractivity contribution in [2.45, 2.75) is 27.0 Å². The highest BCUT2D eigenvalue weighted by molar-refractivity contribution is 7.09. The number of thiazole rings is 1. The Morgan fingerprint density at radius 3 is 2.82 bits per heavy atom. The van der Waals surface area contributed by atoms with Gasteiger partial charge in [-0.25, -0.2) is 18.4 Å². The number of carbonyl (C=O) groups is 1. The highest BCUT2D eigenvalue weighted by atomic mass is 32.1. The fourth-order valence-electron chi connectivity index (χ4n) is 3.29. The quantitative estimate of drug-likeness (QED) is 0.338. The van der Waals surface area contributed by atoms with Gasteiger partial charge in [0.2, 0.25) is 5.91 Å². The normalized spacial score (nSPS) is 11.2. The molecule has 34 heavy (non-hydrogen) atoms. The molecule has 174 valence electrons. The summed E-state index contributed by atoms with van der Waals surface area (Å²) < 4.78 is 34.9. The summed E-state index contributed by atoms with van der Waals surface area (Å²) in [5, 5.41) is 9.88. The molecule has 0 aliphatic carbocycles. The Hall–Kier alpha value is -3.85. The van der Waals surface area contributed by atoms with Crippen LogP contribution in [0, 0.1) is 25.5 Å². The Balaban J connectivity index is 1.45. The molecule has 2 aromatic heterocycles. The average molecular weight is 481 g/mol. The number of para-hydroxylation sites is 1. The van der Waals surface area contributed by atoms with Crippen LogP contribution in [0.2, 0.25) is 0 Å². The van der Waals surface area contributed by atoms with Crippen LogP contribution in [0.4, 0.5) is 14.6 Å². The summed E-state index contributed by atoms with van der Waals surface area (Å²) in [6.07, 6.45) is 4.59. The van der Waals surface area contributed by atoms with Crippen LogP contribution < -0.4 is 10.1 Å². The highest BCUT2D eigenvalue weighted by Gasteiger charge is 2.13. The van der Waals surface area contributed by atoms with Crippen molar-refractivity contribution in [3.8, 4) is 5.75 Å². The van der Waals surface area contributed by atoms with Crippen molar-refractivity contribution < 1.29 is 18.3 Å². The number of aromatic nitrogens is 3. The second-order valence-electron chi connectivity index (χ2n) is 7.58. The fraction of sp³-hybridized carbons (Fsp3) is 0.160. The largest absolute Gasteiger partial charge is 0.487 e. The minimum Gasteiger partial charge on any atom is -0.487 e. The first-order chi connectivity index (χ1) is 16.4. The van der Waals surface area contributed by atoms with E-state index in [1.807, 2.05) is 36.6 Å². The third-order valence-electron chi connectivity index (χ3n) is 4.97. The third kappa shape index (κ3) is 5.74. The molecular formula is C25H22F2N4O2S. The van der Waals surface area contributed by atoms with E-state index in [1.165, 1.54) is 10.8 Å². The lowest BCUT2D eigenvalue weighted by Crippen LogP contribution is -2.15. The van der Waals surface area contributed by atoms with Crippen LogP contribution in [0.1, 0.15) is 27.4 Å². The van der Waals surface area contributed by atoms with Crippen molar-refractivity contribution in [2.24, 2.45) is 0 Å². The standard InChI is InChI=1S/C25H22F2N4O2S/c1-16-12-28-31(13-19-11-20(26)8-9-22(19)27)25(16)30-24(32)10-7-18-5-3-4-6-23(18)33-14-21-15-34-17(2)29-21/h3-12,15H,13-14H2,1-2H3,(H,30,32)/b10-7+. The predicted octanol–water partition coefficient (Wildman–Crippen LogP) is 5.51. The molecule has 0 bridgehead atoms. The summed E-state index contributed by atoms with van der Waals surface area (Å²) in [7, 11) is 0. The number of ether oxygens (including phenoxy) is 1. The Kier molecular flexibility index (Phi) is 7.12. The van der Waals surface area contributed by atoms with E-state index in [-0.39, 0.29) is 12.1 Å². The number of hydrogen-bond acceptors (Lipinski definition) is 5. The average Bonchev–Trinajstić information content (AvgIpc) is 3.39. The number of rotatable bonds is 8. The van der Waals surface area contributed by atoms with Gasteiger partial charge in [0, 0.05) is 28.1 Å². The van der Waals surface area contributed by atoms with Gasteiger partial charge >= 0.3 is 0 Å². The maximum absolute atomic E-state index is 14.1. The number of anilines is 1. The third-order valence-corrected chi connectivity index (χ3v) is 5.79. The van der Waals surface area contributed by atoms with E-state index in [2.05, 4.69) is 15.4 Å². The zero-order chi connectivity index (χ0) is 24.1. The van der Waals surface area contributed by atoms with Gasteiger partial charge < -0.3 is 10.1 Å². The van der Waals surface area contributed by atoms with Crippen LogP contribution in [0.3, 0.4) is 0 Å². The molecule has 0 spiro atoms. The van der Waals surface area contributed by atoms with Crippen LogP contribution in [0.25, 0.3) is 6.08 Å². The van der Waals surface area contributed by atoms with E-state index in [4.69, 9.17) is 4.74 Å². The molecule has 0 aliphatic heterocycles. The number of halogens is 2. The summed E-state index contributed by atoms with van der Waals surface area (Å²) in [4.78, 5) is 17.0. The summed E-state index contributed by atoms with van der Waals surface area (Å²) in [6, 6.07) is 10.6. The molecule has 6 nitrogen and oxygen atoms in total. The Labute approximate surface area is 199 Å². The first kappa shape index (κ1) is 23.3. The van der Waals surface area contributed by atoms with Gasteiger partial charge in [0.15, 0.2) is 0 Å². The van der Waals surface area contributed by atoms with Gasteiger partial charge in [0.25, 0.3) is 0 Å². The summed E-state index contributed by atoms with van der Waals surface area (Å²) in [5.41, 5.74) is 2.41. The van der Waals surface area contributed by atoms with Crippen molar-refractivity contribution in [1.82, 2.24) is 14.8 Å². The lowest BCUT2D eigenvalue weighted by Gasteiger charge is -2.10. The molecule has 2 heterocycles. The number of carbonyl (C=O) groups excluding carboxylic acids is 1. The predicted molar refractivity (Wildman–Crippen MR) is 128 cm³/mol. The Bertz CT molecular complexity index is 1350. The zero-order valence-electron chi connectivity index (χ0n) is 18.6. The molecule has 0 aliphatic rings. The number of benzene rings is 2. The minimum atomic E-state index is -0.545. The lowest BCUT2D eigenvalue weighted by molar-refractivity contribution is -0.111. The SMILES string of the molecule is Cc1nc(COc2ccccc2/C=C/C(=O)Nc2c(C)cnn2Cc2cc(F)ccc2F)cs1. The topological polar surface area (TPSA) is 69.0 Å². The molecule has 0 radical (unpaired) electrons. The van der Waals surface area contributed by atoms with Gasteiger partial charge in [-0.15, -0.1) is 11.3 Å². The van der Waals surface area contributed by atoms with Gasteiger partial charge in [-0.05, 0) is 44.2 Å². The Morgan fingerprint density at radius 2 is 2.03 bits per heavy atom. The van der Waals surface area contributed by atoms with E-state index in [0.717, 1.165) is 34.5 Å². The molecule has 1 amide bonds. The minimum absolute atomic E-state index is 0.0243.